The molecule has 2 unspecified atom stereocenters. The summed E-state index contributed by atoms with van der Waals surface area (Å²) in [6.07, 6.45) is 2.61. The van der Waals surface area contributed by atoms with Crippen molar-refractivity contribution in [3.8, 4) is 5.75 Å². The van der Waals surface area contributed by atoms with Crippen LogP contribution in [0.3, 0.4) is 0 Å². The van der Waals surface area contributed by atoms with Gasteiger partial charge in [0.2, 0.25) is 5.91 Å². The van der Waals surface area contributed by atoms with Crippen LogP contribution in [0.15, 0.2) is 66.1 Å². The first-order chi connectivity index (χ1) is 19.7. The number of nitrogens with one attached hydrogen (secondary N) is 2. The number of amides is 3. The molecule has 42 heavy (non-hydrogen) atoms. The molecule has 13 nitrogen and oxygen atoms in total. The Morgan fingerprint density at radius 2 is 1.90 bits per heavy atom. The number of benzene rings is 1. The van der Waals surface area contributed by atoms with E-state index < -0.39 is 58.6 Å². The van der Waals surface area contributed by atoms with Crippen molar-refractivity contribution in [2.45, 2.75) is 24.4 Å². The summed E-state index contributed by atoms with van der Waals surface area (Å²) in [7, 11) is 0. The van der Waals surface area contributed by atoms with Crippen molar-refractivity contribution in [1.82, 2.24) is 25.5 Å². The van der Waals surface area contributed by atoms with Crippen molar-refractivity contribution in [3.05, 3.63) is 77.3 Å². The number of carbonyl (C=O) groups excluding carboxylic acids is 5. The third-order valence-corrected chi connectivity index (χ3v) is 7.84. The minimum Gasteiger partial charge on any atom is -0.543 e. The number of nitrogens with zero attached hydrogens (tertiary/aromatic N) is 3. The minimum absolute atomic E-state index is 0. The first-order valence-electron chi connectivity index (χ1n) is 12.3. The molecule has 0 saturated carbocycles. The van der Waals surface area contributed by atoms with Gasteiger partial charge >= 0.3 is 35.5 Å². The number of fused-ring (bicyclic) bond motifs is 2. The average molecular weight is 600 g/mol. The molecule has 3 N–H and O–H groups in total. The summed E-state index contributed by atoms with van der Waals surface area (Å²) < 4.78 is 4.91. The van der Waals surface area contributed by atoms with Crippen molar-refractivity contribution in [3.63, 3.8) is 0 Å². The minimum atomic E-state index is -1.61. The fourth-order valence-corrected chi connectivity index (χ4v) is 5.86. The molecule has 3 atom stereocenters. The summed E-state index contributed by atoms with van der Waals surface area (Å²) in [6.45, 7) is 0.863. The molecule has 1 saturated heterocycles. The number of aliphatic carboxylic acids is 1. The number of ether oxygens (including phenoxy) is 1. The molecule has 210 valence electrons. The smallest absolute Gasteiger partial charge is 0.543 e. The van der Waals surface area contributed by atoms with Gasteiger partial charge in [0.05, 0.1) is 17.2 Å². The number of hydrogen-bond donors (Lipinski definition) is 3. The second-order valence-corrected chi connectivity index (χ2v) is 10.2. The number of aromatic hydroxyl groups is 1. The molecular formula is C27H22N5NaO8S. The van der Waals surface area contributed by atoms with Crippen molar-refractivity contribution in [1.29, 1.82) is 0 Å². The molecule has 0 radical (unpaired) electrons. The quantitative estimate of drug-likeness (QED) is 0.134. The van der Waals surface area contributed by atoms with Gasteiger partial charge in [0, 0.05) is 30.6 Å². The van der Waals surface area contributed by atoms with Crippen LogP contribution in [-0.4, -0.2) is 73.4 Å². The van der Waals surface area contributed by atoms with Crippen LogP contribution in [0.1, 0.15) is 28.9 Å². The molecule has 15 heteroatoms. The Balaban J connectivity index is 0.00000405. The van der Waals surface area contributed by atoms with Gasteiger partial charge in [0.25, 0.3) is 11.8 Å². The second kappa shape index (κ2) is 12.9. The van der Waals surface area contributed by atoms with E-state index in [9.17, 15) is 34.2 Å². The molecule has 1 aromatic carbocycles. The van der Waals surface area contributed by atoms with E-state index in [1.54, 1.807) is 42.5 Å². The average Bonchev–Trinajstić information content (AvgIpc) is 2.97. The van der Waals surface area contributed by atoms with Gasteiger partial charge in [-0.2, -0.15) is 0 Å². The predicted molar refractivity (Wildman–Crippen MR) is 142 cm³/mol. The Kier molecular flexibility index (Phi) is 9.51. The van der Waals surface area contributed by atoms with Gasteiger partial charge in [-0.15, -0.1) is 11.8 Å². The van der Waals surface area contributed by atoms with Crippen LogP contribution in [0.2, 0.25) is 0 Å². The molecule has 5 rings (SSSR count). The van der Waals surface area contributed by atoms with Gasteiger partial charge in [0.1, 0.15) is 35.1 Å². The van der Waals surface area contributed by atoms with Crippen LogP contribution in [0, 0.1) is 0 Å². The van der Waals surface area contributed by atoms with Crippen molar-refractivity contribution >= 4 is 52.5 Å². The third-order valence-electron chi connectivity index (χ3n) is 6.50. The molecule has 0 spiro atoms. The molecule has 4 heterocycles. The van der Waals surface area contributed by atoms with E-state index in [-0.39, 0.29) is 58.6 Å². The van der Waals surface area contributed by atoms with Crippen LogP contribution >= 0.6 is 11.8 Å². The summed E-state index contributed by atoms with van der Waals surface area (Å²) in [5.74, 6) is -4.75. The Hall–Kier alpha value is -3.98. The molecule has 2 aliphatic heterocycles. The fourth-order valence-electron chi connectivity index (χ4n) is 4.54. The second-order valence-electron chi connectivity index (χ2n) is 9.12. The predicted octanol–water partition coefficient (Wildman–Crippen LogP) is -3.22. The molecular weight excluding hydrogens is 577 g/mol. The van der Waals surface area contributed by atoms with Crippen LogP contribution < -0.4 is 45.3 Å². The first kappa shape index (κ1) is 31.0. The number of pyridine rings is 2. The number of carbonyl (C=O) groups is 5. The van der Waals surface area contributed by atoms with Gasteiger partial charge in [0.15, 0.2) is 5.75 Å². The Bertz CT molecular complexity index is 1620. The number of hydrogen-bond acceptors (Lipinski definition) is 11. The maximum Gasteiger partial charge on any atom is 1.00 e. The van der Waals surface area contributed by atoms with E-state index in [0.717, 1.165) is 4.90 Å². The summed E-state index contributed by atoms with van der Waals surface area (Å²) >= 11 is 1.18. The summed E-state index contributed by atoms with van der Waals surface area (Å²) in [5, 5.41) is 27.0. The molecule has 3 amide bonds. The van der Waals surface area contributed by atoms with Crippen molar-refractivity contribution in [2.75, 3.05) is 12.4 Å². The van der Waals surface area contributed by atoms with E-state index >= 15 is 0 Å². The number of esters is 1. The Morgan fingerprint density at radius 1 is 1.17 bits per heavy atom. The maximum atomic E-state index is 13.5. The fraction of sp³-hybridized carbons (Fsp3) is 0.222. The van der Waals surface area contributed by atoms with Gasteiger partial charge in [-0.25, -0.2) is 0 Å². The van der Waals surface area contributed by atoms with Gasteiger partial charge < -0.3 is 30.4 Å². The van der Waals surface area contributed by atoms with Crippen LogP contribution in [0.25, 0.3) is 11.0 Å². The number of β-lactam (4-membered cyclic amide) rings is 1. The summed E-state index contributed by atoms with van der Waals surface area (Å²) in [4.78, 5) is 72.0. The normalized spacial score (nSPS) is 18.2. The Labute approximate surface area is 265 Å². The maximum absolute atomic E-state index is 13.5. The third kappa shape index (κ3) is 5.97. The molecule has 0 bridgehead atoms. The van der Waals surface area contributed by atoms with E-state index in [4.69, 9.17) is 4.74 Å². The molecule has 0 aliphatic carbocycles. The van der Waals surface area contributed by atoms with Crippen LogP contribution in [-0.2, 0) is 23.9 Å². The zero-order valence-electron chi connectivity index (χ0n) is 22.4. The standard InChI is InChI=1S/C27H23N5O8S.Na/c1-13(33)40-11-15-12-41-26-20(25(37)32(26)21(15)27(38)39)31-24(36)18(14-6-3-2-4-7-14)30-23(35)16-10-29-17-8-5-9-28-19(17)22(16)34;/h2-10,18,20,26H,11-12H2,1H3,(H,29,34)(H,30,35)(H,31,36)(H,38,39);/q;+1/p-1/t18?,20?,26-;/m0./s1. The van der Waals surface area contributed by atoms with Gasteiger partial charge in [-0.1, -0.05) is 30.3 Å². The Morgan fingerprint density at radius 3 is 2.60 bits per heavy atom. The monoisotopic (exact) mass is 599 g/mol. The number of rotatable bonds is 8. The molecule has 2 aromatic heterocycles. The van der Waals surface area contributed by atoms with Crippen molar-refractivity contribution < 1.29 is 68.5 Å². The van der Waals surface area contributed by atoms with Crippen LogP contribution in [0.4, 0.5) is 0 Å². The number of aromatic nitrogens is 2. The van der Waals surface area contributed by atoms with E-state index in [2.05, 4.69) is 20.6 Å². The van der Waals surface area contributed by atoms with E-state index in [1.807, 2.05) is 0 Å². The zero-order chi connectivity index (χ0) is 29.3. The summed E-state index contributed by atoms with van der Waals surface area (Å²) in [5.41, 5.74) is 0.475. The zero-order valence-corrected chi connectivity index (χ0v) is 25.2. The van der Waals surface area contributed by atoms with Gasteiger partial charge in [-0.3, -0.25) is 34.0 Å². The summed E-state index contributed by atoms with van der Waals surface area (Å²) in [6, 6.07) is 9.12. The number of carboxylic acids is 1. The topological polar surface area (TPSA) is 191 Å². The first-order valence-corrected chi connectivity index (χ1v) is 13.3. The molecule has 1 fully saturated rings. The SMILES string of the molecule is CC(=O)OCC1=C(C(=O)[O-])N2C(=O)C(NC(=O)C(NC(=O)c3cnc4cccnc4c3O)c3ccccc3)[C@@H]2SC1.[Na+]. The largest absolute Gasteiger partial charge is 1.00 e. The van der Waals surface area contributed by atoms with E-state index in [0.29, 0.717) is 11.1 Å². The van der Waals surface area contributed by atoms with Crippen LogP contribution in [0.5, 0.6) is 5.75 Å². The van der Waals surface area contributed by atoms with E-state index in [1.165, 1.54) is 31.1 Å². The molecule has 2 aliphatic rings. The number of carboxylic acid groups (broad SMARTS) is 1. The van der Waals surface area contributed by atoms with Gasteiger partial charge in [-0.05, 0) is 17.7 Å². The number of thioether (sulfide) groups is 1. The molecule has 3 aromatic rings. The van der Waals surface area contributed by atoms with Crippen molar-refractivity contribution in [2.24, 2.45) is 0 Å².